The van der Waals surface area contributed by atoms with Gasteiger partial charge in [0.25, 0.3) is 5.91 Å². The first-order chi connectivity index (χ1) is 14.1. The minimum absolute atomic E-state index is 0.0861. The number of methoxy groups -OCH3 is 1. The second-order valence-electron chi connectivity index (χ2n) is 7.41. The number of fused-ring (bicyclic) bond motifs is 1. The van der Waals surface area contributed by atoms with Crippen molar-refractivity contribution in [2.24, 2.45) is 0 Å². The Bertz CT molecular complexity index is 1030. The first-order valence-corrected chi connectivity index (χ1v) is 10.7. The Hall–Kier alpha value is -2.44. The quantitative estimate of drug-likeness (QED) is 0.625. The van der Waals surface area contributed by atoms with Crippen molar-refractivity contribution in [1.82, 2.24) is 10.2 Å². The van der Waals surface area contributed by atoms with Crippen molar-refractivity contribution >= 4 is 27.3 Å². The number of hydrogen-bond acceptors (Lipinski definition) is 4. The minimum Gasteiger partial charge on any atom is -0.497 e. The third-order valence-corrected chi connectivity index (χ3v) is 6.88. The van der Waals surface area contributed by atoms with Gasteiger partial charge in [0, 0.05) is 16.6 Å². The summed E-state index contributed by atoms with van der Waals surface area (Å²) in [6.45, 7) is 4.36. The van der Waals surface area contributed by atoms with Crippen LogP contribution in [0.2, 0.25) is 0 Å². The lowest BCUT2D eigenvalue weighted by Gasteiger charge is -2.28. The molecule has 2 aromatic carbocycles. The molecule has 1 aromatic heterocycles. The number of aryl methyl sites for hydroxylation is 1. The highest BCUT2D eigenvalue weighted by molar-refractivity contribution is 7.21. The molecule has 0 bridgehead atoms. The van der Waals surface area contributed by atoms with Crippen molar-refractivity contribution in [3.63, 3.8) is 0 Å². The molecule has 3 aromatic rings. The number of hydrogen-bond donors (Lipinski definition) is 1. The second kappa shape index (κ2) is 8.51. The first-order valence-electron chi connectivity index (χ1n) is 9.92. The zero-order chi connectivity index (χ0) is 20.4. The molecule has 152 valence electrons. The van der Waals surface area contributed by atoms with E-state index < -0.39 is 0 Å². The molecule has 1 amide bonds. The molecule has 0 saturated carbocycles. The third kappa shape index (κ3) is 4.00. The number of amides is 1. The lowest BCUT2D eigenvalue weighted by Crippen LogP contribution is -2.36. The van der Waals surface area contributed by atoms with Crippen LogP contribution < -0.4 is 10.1 Å². The SMILES string of the molecule is COc1cccc(C(CNC(=O)c2sc3cccc(F)c3c2C)N2CCCC2)c1. The normalized spacial score (nSPS) is 15.6. The Morgan fingerprint density at radius 2 is 2.00 bits per heavy atom. The number of thiophene rings is 1. The summed E-state index contributed by atoms with van der Waals surface area (Å²) in [6.07, 6.45) is 2.34. The molecule has 4 nitrogen and oxygen atoms in total. The highest BCUT2D eigenvalue weighted by Gasteiger charge is 2.25. The fraction of sp³-hybridized carbons (Fsp3) is 0.348. The molecule has 1 saturated heterocycles. The van der Waals surface area contributed by atoms with Crippen LogP contribution in [-0.4, -0.2) is 37.6 Å². The van der Waals surface area contributed by atoms with Crippen LogP contribution in [0.3, 0.4) is 0 Å². The molecule has 1 aliphatic heterocycles. The molecule has 0 spiro atoms. The van der Waals surface area contributed by atoms with E-state index in [-0.39, 0.29) is 17.8 Å². The van der Waals surface area contributed by atoms with Gasteiger partial charge in [0.05, 0.1) is 18.0 Å². The van der Waals surface area contributed by atoms with Gasteiger partial charge in [0.1, 0.15) is 11.6 Å². The number of benzene rings is 2. The van der Waals surface area contributed by atoms with E-state index in [9.17, 15) is 9.18 Å². The van der Waals surface area contributed by atoms with Gasteiger partial charge in [0.2, 0.25) is 0 Å². The van der Waals surface area contributed by atoms with Gasteiger partial charge in [-0.3, -0.25) is 9.69 Å². The van der Waals surface area contributed by atoms with Gasteiger partial charge < -0.3 is 10.1 Å². The minimum atomic E-state index is -0.276. The van der Waals surface area contributed by atoms with Crippen LogP contribution in [0.15, 0.2) is 42.5 Å². The molecule has 0 radical (unpaired) electrons. The fourth-order valence-corrected chi connectivity index (χ4v) is 5.24. The second-order valence-corrected chi connectivity index (χ2v) is 8.47. The summed E-state index contributed by atoms with van der Waals surface area (Å²) in [5.74, 6) is 0.394. The van der Waals surface area contributed by atoms with Crippen molar-refractivity contribution in [3.8, 4) is 5.75 Å². The van der Waals surface area contributed by atoms with Gasteiger partial charge in [-0.1, -0.05) is 18.2 Å². The average molecular weight is 413 g/mol. The molecule has 6 heteroatoms. The number of likely N-dealkylation sites (tertiary alicyclic amines) is 1. The van der Waals surface area contributed by atoms with E-state index in [1.807, 2.05) is 31.2 Å². The van der Waals surface area contributed by atoms with Crippen LogP contribution in [0, 0.1) is 12.7 Å². The maximum Gasteiger partial charge on any atom is 0.261 e. The van der Waals surface area contributed by atoms with Crippen LogP contribution in [-0.2, 0) is 0 Å². The molecule has 1 fully saturated rings. The van der Waals surface area contributed by atoms with Crippen LogP contribution >= 0.6 is 11.3 Å². The van der Waals surface area contributed by atoms with Gasteiger partial charge in [0.15, 0.2) is 0 Å². The molecule has 1 aliphatic rings. The highest BCUT2D eigenvalue weighted by Crippen LogP contribution is 2.33. The summed E-state index contributed by atoms with van der Waals surface area (Å²) in [7, 11) is 1.66. The van der Waals surface area contributed by atoms with E-state index in [0.717, 1.165) is 29.1 Å². The predicted octanol–water partition coefficient (Wildman–Crippen LogP) is 4.92. The van der Waals surface area contributed by atoms with Gasteiger partial charge in [-0.15, -0.1) is 11.3 Å². The van der Waals surface area contributed by atoms with Crippen LogP contribution in [0.25, 0.3) is 10.1 Å². The molecule has 1 unspecified atom stereocenters. The monoisotopic (exact) mass is 412 g/mol. The lowest BCUT2D eigenvalue weighted by atomic mass is 10.0. The number of ether oxygens (including phenoxy) is 1. The topological polar surface area (TPSA) is 41.6 Å². The largest absolute Gasteiger partial charge is 0.497 e. The van der Waals surface area contributed by atoms with Gasteiger partial charge in [-0.05, 0) is 68.2 Å². The molecule has 29 heavy (non-hydrogen) atoms. The number of nitrogens with one attached hydrogen (secondary N) is 1. The average Bonchev–Trinajstić information content (AvgIpc) is 3.37. The van der Waals surface area contributed by atoms with Crippen molar-refractivity contribution in [3.05, 3.63) is 64.3 Å². The van der Waals surface area contributed by atoms with E-state index in [1.165, 1.54) is 30.2 Å². The summed E-state index contributed by atoms with van der Waals surface area (Å²) in [5, 5.41) is 3.65. The number of nitrogens with zero attached hydrogens (tertiary/aromatic N) is 1. The number of carbonyl (C=O) groups is 1. The summed E-state index contributed by atoms with van der Waals surface area (Å²) < 4.78 is 20.4. The van der Waals surface area contributed by atoms with Crippen molar-refractivity contribution in [1.29, 1.82) is 0 Å². The third-order valence-electron chi connectivity index (χ3n) is 5.63. The Morgan fingerprint density at radius 1 is 1.24 bits per heavy atom. The Morgan fingerprint density at radius 3 is 2.72 bits per heavy atom. The number of halogens is 1. The van der Waals surface area contributed by atoms with E-state index in [2.05, 4.69) is 16.3 Å². The molecule has 0 aliphatic carbocycles. The summed E-state index contributed by atoms with van der Waals surface area (Å²) in [6, 6.07) is 13.1. The molecular weight excluding hydrogens is 387 g/mol. The van der Waals surface area contributed by atoms with Crippen molar-refractivity contribution < 1.29 is 13.9 Å². The first kappa shape index (κ1) is 19.9. The zero-order valence-electron chi connectivity index (χ0n) is 16.7. The highest BCUT2D eigenvalue weighted by atomic mass is 32.1. The maximum atomic E-state index is 14.2. The predicted molar refractivity (Wildman–Crippen MR) is 115 cm³/mol. The molecular formula is C23H25FN2O2S. The van der Waals surface area contributed by atoms with Crippen LogP contribution in [0.5, 0.6) is 5.75 Å². The van der Waals surface area contributed by atoms with E-state index in [0.29, 0.717) is 22.4 Å². The summed E-state index contributed by atoms with van der Waals surface area (Å²) in [5.41, 5.74) is 1.84. The Labute approximate surface area is 174 Å². The molecule has 2 heterocycles. The van der Waals surface area contributed by atoms with E-state index >= 15 is 0 Å². The van der Waals surface area contributed by atoms with Gasteiger partial charge in [-0.25, -0.2) is 4.39 Å². The Kier molecular flexibility index (Phi) is 5.83. The standard InChI is InChI=1S/C23H25FN2O2S/c1-15-21-18(24)9-6-10-20(21)29-22(15)23(27)25-14-19(26-11-3-4-12-26)16-7-5-8-17(13-16)28-2/h5-10,13,19H,3-4,11-12,14H2,1-2H3,(H,25,27). The van der Waals surface area contributed by atoms with Gasteiger partial charge >= 0.3 is 0 Å². The number of carbonyl (C=O) groups excluding carboxylic acids is 1. The summed E-state index contributed by atoms with van der Waals surface area (Å²) >= 11 is 1.35. The Balaban J connectivity index is 1.56. The smallest absolute Gasteiger partial charge is 0.261 e. The molecule has 1 atom stereocenters. The van der Waals surface area contributed by atoms with Crippen LogP contribution in [0.1, 0.15) is 39.7 Å². The maximum absolute atomic E-state index is 14.2. The van der Waals surface area contributed by atoms with Crippen molar-refractivity contribution in [2.75, 3.05) is 26.7 Å². The van der Waals surface area contributed by atoms with E-state index in [1.54, 1.807) is 13.2 Å². The summed E-state index contributed by atoms with van der Waals surface area (Å²) in [4.78, 5) is 15.9. The van der Waals surface area contributed by atoms with Gasteiger partial charge in [-0.2, -0.15) is 0 Å². The molecule has 1 N–H and O–H groups in total. The van der Waals surface area contributed by atoms with Crippen LogP contribution in [0.4, 0.5) is 4.39 Å². The van der Waals surface area contributed by atoms with Crippen molar-refractivity contribution in [2.45, 2.75) is 25.8 Å². The lowest BCUT2D eigenvalue weighted by molar-refractivity contribution is 0.0941. The molecule has 4 rings (SSSR count). The van der Waals surface area contributed by atoms with E-state index in [4.69, 9.17) is 4.74 Å². The zero-order valence-corrected chi connectivity index (χ0v) is 17.5. The fourth-order valence-electron chi connectivity index (χ4n) is 4.10. The number of rotatable bonds is 6.